The summed E-state index contributed by atoms with van der Waals surface area (Å²) in [7, 11) is 1.63. The van der Waals surface area contributed by atoms with E-state index in [1.165, 1.54) is 12.1 Å². The van der Waals surface area contributed by atoms with Gasteiger partial charge in [-0.05, 0) is 41.0 Å². The number of imide groups is 1. The molecule has 0 atom stereocenters. The van der Waals surface area contributed by atoms with Crippen LogP contribution in [0, 0.1) is 0 Å². The van der Waals surface area contributed by atoms with Crippen LogP contribution in [0.2, 0.25) is 0 Å². The Balaban J connectivity index is 1.28. The van der Waals surface area contributed by atoms with Crippen molar-refractivity contribution in [2.75, 3.05) is 60.0 Å². The lowest BCUT2D eigenvalue weighted by Crippen LogP contribution is -2.34. The molecule has 0 aromatic heterocycles. The fraction of sp³-hybridized carbons (Fsp3) is 0.270. The molecular formula is C37H37NO9. The van der Waals surface area contributed by atoms with Gasteiger partial charge in [0.2, 0.25) is 0 Å². The third-order valence-corrected chi connectivity index (χ3v) is 7.54. The molecule has 0 N–H and O–H groups in total. The van der Waals surface area contributed by atoms with Gasteiger partial charge in [-0.2, -0.15) is 0 Å². The van der Waals surface area contributed by atoms with Crippen molar-refractivity contribution in [3.05, 3.63) is 143 Å². The molecule has 4 aromatic carbocycles. The van der Waals surface area contributed by atoms with Crippen molar-refractivity contribution in [3.8, 4) is 0 Å². The quantitative estimate of drug-likeness (QED) is 0.0839. The maximum absolute atomic E-state index is 13.1. The SMILES string of the molecule is COCCOCCOCCOCCOC(c1ccccc1)(c1ccccc1)c1ccc(C(=O)ON2C(=O)c3ccccc3C2=O)cc1. The van der Waals surface area contributed by atoms with Crippen molar-refractivity contribution in [1.82, 2.24) is 5.06 Å². The molecule has 0 spiro atoms. The summed E-state index contributed by atoms with van der Waals surface area (Å²) in [6, 6.07) is 32.7. The lowest BCUT2D eigenvalue weighted by molar-refractivity contribution is -0.0584. The summed E-state index contributed by atoms with van der Waals surface area (Å²) >= 11 is 0. The van der Waals surface area contributed by atoms with E-state index in [-0.39, 0.29) is 23.3 Å². The van der Waals surface area contributed by atoms with Crippen molar-refractivity contribution < 1.29 is 42.9 Å². The van der Waals surface area contributed by atoms with Gasteiger partial charge in [-0.3, -0.25) is 9.59 Å². The molecule has 1 heterocycles. The second kappa shape index (κ2) is 16.7. The maximum Gasteiger partial charge on any atom is 0.363 e. The molecule has 47 heavy (non-hydrogen) atoms. The Kier molecular flexibility index (Phi) is 12.0. The fourth-order valence-corrected chi connectivity index (χ4v) is 5.26. The number of carbonyl (C=O) groups is 3. The Labute approximate surface area is 273 Å². The first-order valence-electron chi connectivity index (χ1n) is 15.3. The Morgan fingerprint density at radius 1 is 0.553 bits per heavy atom. The van der Waals surface area contributed by atoms with Crippen LogP contribution in [-0.2, 0) is 34.1 Å². The van der Waals surface area contributed by atoms with Crippen molar-refractivity contribution in [1.29, 1.82) is 0 Å². The van der Waals surface area contributed by atoms with Crippen LogP contribution in [0.5, 0.6) is 0 Å². The molecule has 244 valence electrons. The van der Waals surface area contributed by atoms with Gasteiger partial charge in [0, 0.05) is 7.11 Å². The largest absolute Gasteiger partial charge is 0.382 e. The number of carbonyl (C=O) groups excluding carboxylic acids is 3. The van der Waals surface area contributed by atoms with Gasteiger partial charge in [0.05, 0.1) is 69.5 Å². The van der Waals surface area contributed by atoms with Crippen LogP contribution in [-0.4, -0.2) is 82.8 Å². The van der Waals surface area contributed by atoms with Gasteiger partial charge < -0.3 is 28.5 Å². The van der Waals surface area contributed by atoms with Gasteiger partial charge >= 0.3 is 5.97 Å². The Morgan fingerprint density at radius 3 is 1.47 bits per heavy atom. The molecule has 1 aliphatic heterocycles. The van der Waals surface area contributed by atoms with Crippen LogP contribution in [0.3, 0.4) is 0 Å². The highest BCUT2D eigenvalue weighted by Gasteiger charge is 2.40. The average Bonchev–Trinajstić information content (AvgIpc) is 3.36. The van der Waals surface area contributed by atoms with Crippen molar-refractivity contribution in [2.24, 2.45) is 0 Å². The predicted molar refractivity (Wildman–Crippen MR) is 172 cm³/mol. The molecule has 0 aliphatic carbocycles. The van der Waals surface area contributed by atoms with E-state index in [4.69, 9.17) is 28.5 Å². The minimum absolute atomic E-state index is 0.160. The second-order valence-corrected chi connectivity index (χ2v) is 10.5. The molecule has 0 bridgehead atoms. The molecule has 4 aromatic rings. The fourth-order valence-electron chi connectivity index (χ4n) is 5.26. The second-order valence-electron chi connectivity index (χ2n) is 10.5. The number of amides is 2. The number of fused-ring (bicyclic) bond motifs is 1. The van der Waals surface area contributed by atoms with Gasteiger partial charge in [0.1, 0.15) is 5.60 Å². The van der Waals surface area contributed by atoms with E-state index in [0.29, 0.717) is 51.3 Å². The van der Waals surface area contributed by atoms with Gasteiger partial charge in [0.25, 0.3) is 11.8 Å². The molecule has 0 saturated heterocycles. The first kappa shape index (κ1) is 33.6. The van der Waals surface area contributed by atoms with Gasteiger partial charge in [-0.1, -0.05) is 90.0 Å². The summed E-state index contributed by atoms with van der Waals surface area (Å²) < 4.78 is 28.4. The maximum atomic E-state index is 13.1. The van der Waals surface area contributed by atoms with Crippen molar-refractivity contribution in [3.63, 3.8) is 0 Å². The topological polar surface area (TPSA) is 110 Å². The molecule has 0 unspecified atom stereocenters. The lowest BCUT2D eigenvalue weighted by Gasteiger charge is -2.36. The molecule has 2 amide bonds. The van der Waals surface area contributed by atoms with Gasteiger partial charge in [-0.25, -0.2) is 4.79 Å². The van der Waals surface area contributed by atoms with E-state index >= 15 is 0 Å². The molecular weight excluding hydrogens is 602 g/mol. The molecule has 1 aliphatic rings. The smallest absolute Gasteiger partial charge is 0.363 e. The number of methoxy groups -OCH3 is 1. The van der Waals surface area contributed by atoms with Gasteiger partial charge in [0.15, 0.2) is 0 Å². The lowest BCUT2D eigenvalue weighted by atomic mass is 9.80. The van der Waals surface area contributed by atoms with E-state index < -0.39 is 23.4 Å². The van der Waals surface area contributed by atoms with Crippen molar-refractivity contribution in [2.45, 2.75) is 5.60 Å². The van der Waals surface area contributed by atoms with E-state index in [1.54, 1.807) is 43.5 Å². The van der Waals surface area contributed by atoms with Gasteiger partial charge in [-0.15, -0.1) is 0 Å². The highest BCUT2D eigenvalue weighted by Crippen LogP contribution is 2.40. The normalized spacial score (nSPS) is 12.7. The minimum atomic E-state index is -1.05. The summed E-state index contributed by atoms with van der Waals surface area (Å²) in [5.74, 6) is -2.21. The molecule has 0 saturated carbocycles. The Bertz CT molecular complexity index is 1540. The van der Waals surface area contributed by atoms with E-state index in [1.807, 2.05) is 60.7 Å². The minimum Gasteiger partial charge on any atom is -0.382 e. The molecule has 5 rings (SSSR count). The third kappa shape index (κ3) is 7.99. The predicted octanol–water partition coefficient (Wildman–Crippen LogP) is 5.06. The zero-order valence-corrected chi connectivity index (χ0v) is 26.2. The van der Waals surface area contributed by atoms with E-state index in [9.17, 15) is 14.4 Å². The summed E-state index contributed by atoms with van der Waals surface area (Å²) in [4.78, 5) is 43.8. The molecule has 0 radical (unpaired) electrons. The first-order valence-corrected chi connectivity index (χ1v) is 15.3. The Hall–Kier alpha value is -4.71. The van der Waals surface area contributed by atoms with Crippen LogP contribution >= 0.6 is 0 Å². The molecule has 10 nitrogen and oxygen atoms in total. The number of hydroxylamine groups is 2. The van der Waals surface area contributed by atoms with Crippen LogP contribution in [0.1, 0.15) is 47.8 Å². The van der Waals surface area contributed by atoms with Crippen LogP contribution in [0.25, 0.3) is 0 Å². The number of nitrogens with zero attached hydrogens (tertiary/aromatic N) is 1. The number of hydrogen-bond acceptors (Lipinski definition) is 9. The summed E-state index contributed by atoms with van der Waals surface area (Å²) in [6.07, 6.45) is 0. The summed E-state index contributed by atoms with van der Waals surface area (Å²) in [5, 5.41) is 0.504. The van der Waals surface area contributed by atoms with Crippen LogP contribution < -0.4 is 0 Å². The summed E-state index contributed by atoms with van der Waals surface area (Å²) in [5.41, 5.74) is 2.00. The highest BCUT2D eigenvalue weighted by atomic mass is 16.7. The zero-order chi connectivity index (χ0) is 32.9. The molecule has 0 fully saturated rings. The number of rotatable bonds is 18. The standard InChI is InChI=1S/C37H37NO9/c1-42-20-21-43-22-23-44-24-25-45-26-27-46-37(29-10-4-2-5-11-29,30-12-6-3-7-13-30)31-18-16-28(17-19-31)36(41)47-38-34(39)32-14-8-9-15-33(32)35(38)40/h2-19H,20-27H2,1H3. The summed E-state index contributed by atoms with van der Waals surface area (Å²) in [6.45, 7) is 3.43. The number of hydrogen-bond donors (Lipinski definition) is 0. The van der Waals surface area contributed by atoms with E-state index in [0.717, 1.165) is 16.7 Å². The zero-order valence-electron chi connectivity index (χ0n) is 26.2. The van der Waals surface area contributed by atoms with Crippen LogP contribution in [0.4, 0.5) is 0 Å². The number of benzene rings is 4. The Morgan fingerprint density at radius 2 is 0.979 bits per heavy atom. The number of ether oxygens (including phenoxy) is 5. The average molecular weight is 640 g/mol. The highest BCUT2D eigenvalue weighted by molar-refractivity contribution is 6.21. The van der Waals surface area contributed by atoms with E-state index in [2.05, 4.69) is 0 Å². The molecule has 10 heteroatoms. The van der Waals surface area contributed by atoms with Crippen molar-refractivity contribution >= 4 is 17.8 Å². The van der Waals surface area contributed by atoms with Crippen LogP contribution in [0.15, 0.2) is 109 Å². The monoisotopic (exact) mass is 639 g/mol. The first-order chi connectivity index (χ1) is 23.1. The third-order valence-electron chi connectivity index (χ3n) is 7.54.